The first-order valence-corrected chi connectivity index (χ1v) is 11.6. The summed E-state index contributed by atoms with van der Waals surface area (Å²) in [7, 11) is -3.88. The summed E-state index contributed by atoms with van der Waals surface area (Å²) >= 11 is 0. The minimum atomic E-state index is -3.88. The summed E-state index contributed by atoms with van der Waals surface area (Å²) < 4.78 is 27.5. The van der Waals surface area contributed by atoms with Crippen LogP contribution in [0.3, 0.4) is 0 Å². The highest BCUT2D eigenvalue weighted by Crippen LogP contribution is 2.32. The first-order chi connectivity index (χ1) is 13.9. The Bertz CT molecular complexity index is 1120. The number of hydrogen-bond donors (Lipinski definition) is 2. The van der Waals surface area contributed by atoms with Crippen LogP contribution in [0.2, 0.25) is 0 Å². The number of nitrogens with one attached hydrogen (secondary N) is 2. The molecule has 29 heavy (non-hydrogen) atoms. The van der Waals surface area contributed by atoms with Crippen molar-refractivity contribution in [3.63, 3.8) is 0 Å². The number of aryl methyl sites for hydroxylation is 1. The lowest BCUT2D eigenvalue weighted by Gasteiger charge is -2.22. The molecule has 1 saturated carbocycles. The van der Waals surface area contributed by atoms with Crippen LogP contribution in [0.1, 0.15) is 54.7 Å². The Morgan fingerprint density at radius 2 is 1.79 bits per heavy atom. The van der Waals surface area contributed by atoms with Gasteiger partial charge in [0.15, 0.2) is 0 Å². The zero-order valence-corrected chi connectivity index (χ0v) is 17.4. The number of sulfonamides is 1. The van der Waals surface area contributed by atoms with Crippen molar-refractivity contribution in [2.24, 2.45) is 0 Å². The topological polar surface area (TPSA) is 79.0 Å². The van der Waals surface area contributed by atoms with Gasteiger partial charge in [-0.05, 0) is 60.6 Å². The highest BCUT2D eigenvalue weighted by Gasteiger charge is 2.20. The van der Waals surface area contributed by atoms with Gasteiger partial charge < -0.3 is 4.98 Å². The molecule has 0 radical (unpaired) electrons. The van der Waals surface area contributed by atoms with E-state index in [1.165, 1.54) is 24.8 Å². The van der Waals surface area contributed by atoms with Gasteiger partial charge in [-0.2, -0.15) is 0 Å². The van der Waals surface area contributed by atoms with Crippen molar-refractivity contribution in [1.29, 1.82) is 0 Å². The van der Waals surface area contributed by atoms with Gasteiger partial charge in [-0.3, -0.25) is 4.79 Å². The molecule has 4 rings (SSSR count). The molecule has 2 aromatic carbocycles. The molecular formula is C23H26N2O3S. The van der Waals surface area contributed by atoms with Crippen LogP contribution in [-0.2, 0) is 21.2 Å². The molecule has 5 nitrogen and oxygen atoms in total. The quantitative estimate of drug-likeness (QED) is 0.647. The Balaban J connectivity index is 1.45. The van der Waals surface area contributed by atoms with Crippen LogP contribution < -0.4 is 4.72 Å². The SMILES string of the molecule is Cc1ccc2c(CC(=O)NS(=O)(=O)c3ccc(C4CCCCC4)cc3)c[nH]c2c1. The predicted octanol–water partition coefficient (Wildman–Crippen LogP) is 4.57. The Kier molecular flexibility index (Phi) is 5.46. The highest BCUT2D eigenvalue weighted by atomic mass is 32.2. The molecule has 0 unspecified atom stereocenters. The summed E-state index contributed by atoms with van der Waals surface area (Å²) in [5, 5.41) is 0.931. The van der Waals surface area contributed by atoms with Gasteiger partial charge in [0.1, 0.15) is 0 Å². The fourth-order valence-corrected chi connectivity index (χ4v) is 5.20. The molecule has 0 spiro atoms. The summed E-state index contributed by atoms with van der Waals surface area (Å²) in [5.41, 5.74) is 4.02. The number of aromatic amines is 1. The minimum Gasteiger partial charge on any atom is -0.361 e. The van der Waals surface area contributed by atoms with Gasteiger partial charge in [0.25, 0.3) is 10.0 Å². The second-order valence-electron chi connectivity index (χ2n) is 7.97. The van der Waals surface area contributed by atoms with E-state index >= 15 is 0 Å². The number of H-pyrrole nitrogens is 1. The van der Waals surface area contributed by atoms with Crippen molar-refractivity contribution in [3.8, 4) is 0 Å². The largest absolute Gasteiger partial charge is 0.361 e. The van der Waals surface area contributed by atoms with Crippen LogP contribution in [0.25, 0.3) is 10.9 Å². The summed E-state index contributed by atoms with van der Waals surface area (Å²) in [5.74, 6) is -0.0246. The maximum absolute atomic E-state index is 12.6. The molecule has 1 heterocycles. The molecule has 1 fully saturated rings. The van der Waals surface area contributed by atoms with Gasteiger partial charge in [0.2, 0.25) is 5.91 Å². The van der Waals surface area contributed by atoms with E-state index in [9.17, 15) is 13.2 Å². The number of amides is 1. The molecule has 0 saturated heterocycles. The second-order valence-corrected chi connectivity index (χ2v) is 9.65. The van der Waals surface area contributed by atoms with E-state index < -0.39 is 15.9 Å². The third kappa shape index (κ3) is 4.37. The van der Waals surface area contributed by atoms with E-state index in [4.69, 9.17) is 0 Å². The zero-order chi connectivity index (χ0) is 20.4. The van der Waals surface area contributed by atoms with Gasteiger partial charge in [0, 0.05) is 17.1 Å². The number of benzene rings is 2. The van der Waals surface area contributed by atoms with Crippen LogP contribution in [-0.4, -0.2) is 19.3 Å². The van der Waals surface area contributed by atoms with E-state index in [1.54, 1.807) is 18.3 Å². The van der Waals surface area contributed by atoms with E-state index in [0.717, 1.165) is 34.9 Å². The van der Waals surface area contributed by atoms with Crippen molar-refractivity contribution in [2.45, 2.75) is 56.3 Å². The molecule has 3 aromatic rings. The van der Waals surface area contributed by atoms with Gasteiger partial charge in [0.05, 0.1) is 11.3 Å². The van der Waals surface area contributed by atoms with Gasteiger partial charge in [-0.1, -0.05) is 43.5 Å². The van der Waals surface area contributed by atoms with Crippen LogP contribution in [0.5, 0.6) is 0 Å². The van der Waals surface area contributed by atoms with Crippen molar-refractivity contribution in [2.75, 3.05) is 0 Å². The Morgan fingerprint density at radius 1 is 1.07 bits per heavy atom. The molecule has 1 amide bonds. The fourth-order valence-electron chi connectivity index (χ4n) is 4.22. The Morgan fingerprint density at radius 3 is 2.52 bits per heavy atom. The van der Waals surface area contributed by atoms with Crippen molar-refractivity contribution in [3.05, 3.63) is 65.4 Å². The summed E-state index contributed by atoms with van der Waals surface area (Å²) in [6.45, 7) is 2.00. The lowest BCUT2D eigenvalue weighted by Crippen LogP contribution is -2.31. The first kappa shape index (κ1) is 19.7. The normalized spacial score (nSPS) is 15.5. The zero-order valence-electron chi connectivity index (χ0n) is 16.6. The third-order valence-corrected chi connectivity index (χ3v) is 7.18. The molecule has 0 atom stereocenters. The minimum absolute atomic E-state index is 0.00243. The van der Waals surface area contributed by atoms with E-state index in [2.05, 4.69) is 9.71 Å². The molecule has 2 N–H and O–H groups in total. The summed E-state index contributed by atoms with van der Waals surface area (Å²) in [6, 6.07) is 12.9. The molecule has 0 aliphatic heterocycles. The summed E-state index contributed by atoms with van der Waals surface area (Å²) in [4.78, 5) is 15.7. The average Bonchev–Trinajstić information content (AvgIpc) is 3.10. The van der Waals surface area contributed by atoms with Crippen LogP contribution in [0.4, 0.5) is 0 Å². The number of fused-ring (bicyclic) bond motifs is 1. The third-order valence-electron chi connectivity index (χ3n) is 5.79. The lowest BCUT2D eigenvalue weighted by atomic mass is 9.84. The molecule has 0 bridgehead atoms. The van der Waals surface area contributed by atoms with Crippen molar-refractivity contribution >= 4 is 26.8 Å². The van der Waals surface area contributed by atoms with Gasteiger partial charge in [-0.15, -0.1) is 0 Å². The van der Waals surface area contributed by atoms with E-state index in [0.29, 0.717) is 5.92 Å². The average molecular weight is 411 g/mol. The standard InChI is InChI=1S/C23H26N2O3S/c1-16-7-12-21-19(15-24-22(21)13-16)14-23(26)25-29(27,28)20-10-8-18(9-11-20)17-5-3-2-4-6-17/h7-13,15,17,24H,2-6,14H2,1H3,(H,25,26). The smallest absolute Gasteiger partial charge is 0.264 e. The molecule has 1 aliphatic carbocycles. The molecule has 1 aliphatic rings. The fraction of sp³-hybridized carbons (Fsp3) is 0.348. The number of hydrogen-bond acceptors (Lipinski definition) is 3. The van der Waals surface area contributed by atoms with Gasteiger partial charge in [-0.25, -0.2) is 13.1 Å². The van der Waals surface area contributed by atoms with E-state index in [1.807, 2.05) is 37.3 Å². The maximum atomic E-state index is 12.6. The Labute approximate surface area is 171 Å². The van der Waals surface area contributed by atoms with Gasteiger partial charge >= 0.3 is 0 Å². The maximum Gasteiger partial charge on any atom is 0.264 e. The van der Waals surface area contributed by atoms with Crippen molar-refractivity contribution < 1.29 is 13.2 Å². The number of carbonyl (C=O) groups excluding carboxylic acids is 1. The molecule has 1 aromatic heterocycles. The number of carbonyl (C=O) groups is 1. The molecule has 152 valence electrons. The van der Waals surface area contributed by atoms with E-state index in [-0.39, 0.29) is 11.3 Å². The summed E-state index contributed by atoms with van der Waals surface area (Å²) in [6.07, 6.45) is 7.82. The van der Waals surface area contributed by atoms with Crippen LogP contribution in [0, 0.1) is 6.92 Å². The first-order valence-electron chi connectivity index (χ1n) is 10.1. The Hall–Kier alpha value is -2.60. The number of rotatable bonds is 5. The highest BCUT2D eigenvalue weighted by molar-refractivity contribution is 7.90. The molecular weight excluding hydrogens is 384 g/mol. The number of aromatic nitrogens is 1. The molecule has 6 heteroatoms. The van der Waals surface area contributed by atoms with Crippen LogP contribution in [0.15, 0.2) is 53.6 Å². The van der Waals surface area contributed by atoms with Crippen LogP contribution >= 0.6 is 0 Å². The van der Waals surface area contributed by atoms with Crippen molar-refractivity contribution in [1.82, 2.24) is 9.71 Å². The predicted molar refractivity (Wildman–Crippen MR) is 114 cm³/mol. The monoisotopic (exact) mass is 410 g/mol. The lowest BCUT2D eigenvalue weighted by molar-refractivity contribution is -0.118. The second kappa shape index (κ2) is 8.03.